The summed E-state index contributed by atoms with van der Waals surface area (Å²) in [5.41, 5.74) is 8.32. The molecule has 1 atom stereocenters. The van der Waals surface area contributed by atoms with Gasteiger partial charge in [0.25, 0.3) is 0 Å². The van der Waals surface area contributed by atoms with Crippen molar-refractivity contribution in [3.63, 3.8) is 0 Å². The average Bonchev–Trinajstić information content (AvgIpc) is 2.78. The highest BCUT2D eigenvalue weighted by atomic mass is 32.2. The van der Waals surface area contributed by atoms with Crippen molar-refractivity contribution in [3.8, 4) is 0 Å². The van der Waals surface area contributed by atoms with Crippen molar-refractivity contribution in [2.45, 2.75) is 12.5 Å². The van der Waals surface area contributed by atoms with Crippen molar-refractivity contribution < 1.29 is 8.42 Å². The first-order valence-electron chi connectivity index (χ1n) is 6.54. The van der Waals surface area contributed by atoms with Crippen LogP contribution in [0.15, 0.2) is 30.5 Å². The first kappa shape index (κ1) is 13.2. The van der Waals surface area contributed by atoms with Crippen molar-refractivity contribution in [1.82, 2.24) is 4.98 Å². The van der Waals surface area contributed by atoms with Crippen molar-refractivity contribution in [2.75, 3.05) is 29.2 Å². The topological polar surface area (TPSA) is 76.3 Å². The van der Waals surface area contributed by atoms with Crippen LogP contribution in [0.2, 0.25) is 0 Å². The fraction of sp³-hybridized carbons (Fsp3) is 0.357. The predicted molar refractivity (Wildman–Crippen MR) is 81.6 cm³/mol. The molecule has 0 radical (unpaired) electrons. The third-order valence-electron chi connectivity index (χ3n) is 3.92. The van der Waals surface area contributed by atoms with Gasteiger partial charge in [0.1, 0.15) is 0 Å². The van der Waals surface area contributed by atoms with Crippen LogP contribution in [-0.2, 0) is 9.84 Å². The molecule has 0 aliphatic carbocycles. The number of rotatable bonds is 2. The van der Waals surface area contributed by atoms with E-state index < -0.39 is 9.84 Å². The Kier molecular flexibility index (Phi) is 3.05. The molecule has 0 saturated carbocycles. The summed E-state index contributed by atoms with van der Waals surface area (Å²) >= 11 is 0. The van der Waals surface area contributed by atoms with Gasteiger partial charge in [-0.25, -0.2) is 8.42 Å². The molecular formula is C14H17N3O2S. The van der Waals surface area contributed by atoms with Crippen LogP contribution < -0.4 is 10.6 Å². The molecule has 1 aliphatic heterocycles. The van der Waals surface area contributed by atoms with Gasteiger partial charge in [0.05, 0.1) is 22.7 Å². The van der Waals surface area contributed by atoms with Crippen LogP contribution in [0.1, 0.15) is 6.42 Å². The van der Waals surface area contributed by atoms with Gasteiger partial charge in [0, 0.05) is 30.4 Å². The number of nitrogens with zero attached hydrogens (tertiary/aromatic N) is 2. The van der Waals surface area contributed by atoms with E-state index in [0.717, 1.165) is 16.6 Å². The summed E-state index contributed by atoms with van der Waals surface area (Å²) in [4.78, 5) is 6.34. The Labute approximate surface area is 118 Å². The fourth-order valence-electron chi connectivity index (χ4n) is 2.77. The molecule has 0 amide bonds. The van der Waals surface area contributed by atoms with Gasteiger partial charge >= 0.3 is 0 Å². The molecule has 106 valence electrons. The normalized spacial score (nSPS) is 21.1. The molecule has 1 aromatic carbocycles. The van der Waals surface area contributed by atoms with E-state index in [4.69, 9.17) is 5.73 Å². The number of fused-ring (bicyclic) bond motifs is 1. The summed E-state index contributed by atoms with van der Waals surface area (Å²) < 4.78 is 23.3. The summed E-state index contributed by atoms with van der Waals surface area (Å²) in [7, 11) is -0.958. The maximum atomic E-state index is 11.6. The lowest BCUT2D eigenvalue weighted by molar-refractivity contribution is 0.601. The minimum Gasteiger partial charge on any atom is -0.397 e. The molecule has 1 aliphatic rings. The van der Waals surface area contributed by atoms with Crippen LogP contribution in [-0.4, -0.2) is 38.0 Å². The lowest BCUT2D eigenvalue weighted by atomic mass is 10.1. The standard InChI is InChI=1S/C14H17N3O2S/c1-17(10-6-8-20(18,19)9-10)13-5-7-16-14-11(13)3-2-4-12(14)15/h2-5,7,10H,6,8-9,15H2,1H3. The van der Waals surface area contributed by atoms with Gasteiger partial charge in [-0.2, -0.15) is 0 Å². The molecule has 6 heteroatoms. The summed E-state index contributed by atoms with van der Waals surface area (Å²) in [5, 5.41) is 0.958. The minimum atomic E-state index is -2.89. The molecule has 2 heterocycles. The molecule has 0 bridgehead atoms. The van der Waals surface area contributed by atoms with Gasteiger partial charge in [-0.3, -0.25) is 4.98 Å². The quantitative estimate of drug-likeness (QED) is 0.847. The predicted octanol–water partition coefficient (Wildman–Crippen LogP) is 1.44. The number of hydrogen-bond donors (Lipinski definition) is 1. The second-order valence-electron chi connectivity index (χ2n) is 5.24. The van der Waals surface area contributed by atoms with Crippen molar-refractivity contribution in [2.24, 2.45) is 0 Å². The number of nitrogens with two attached hydrogens (primary N) is 1. The van der Waals surface area contributed by atoms with E-state index in [0.29, 0.717) is 12.1 Å². The average molecular weight is 291 g/mol. The molecule has 1 saturated heterocycles. The largest absolute Gasteiger partial charge is 0.397 e. The van der Waals surface area contributed by atoms with Crippen molar-refractivity contribution in [1.29, 1.82) is 0 Å². The third kappa shape index (κ3) is 2.20. The Morgan fingerprint density at radius 3 is 2.85 bits per heavy atom. The van der Waals surface area contributed by atoms with Crippen LogP contribution in [0.4, 0.5) is 11.4 Å². The minimum absolute atomic E-state index is 0.0204. The van der Waals surface area contributed by atoms with Crippen molar-refractivity contribution in [3.05, 3.63) is 30.5 Å². The number of pyridine rings is 1. The van der Waals surface area contributed by atoms with Crippen LogP contribution in [0.5, 0.6) is 0 Å². The lowest BCUT2D eigenvalue weighted by Gasteiger charge is -2.26. The summed E-state index contributed by atoms with van der Waals surface area (Å²) in [6, 6.07) is 7.61. The molecule has 1 unspecified atom stereocenters. The smallest absolute Gasteiger partial charge is 0.152 e. The highest BCUT2D eigenvalue weighted by Crippen LogP contribution is 2.30. The first-order chi connectivity index (χ1) is 9.48. The number of aromatic nitrogens is 1. The number of hydrogen-bond acceptors (Lipinski definition) is 5. The Morgan fingerprint density at radius 1 is 1.35 bits per heavy atom. The molecule has 2 aromatic rings. The molecule has 1 fully saturated rings. The molecule has 20 heavy (non-hydrogen) atoms. The second kappa shape index (κ2) is 4.63. The fourth-order valence-corrected chi connectivity index (χ4v) is 4.54. The second-order valence-corrected chi connectivity index (χ2v) is 7.47. The molecule has 1 aromatic heterocycles. The molecule has 3 rings (SSSR count). The number of anilines is 2. The van der Waals surface area contributed by atoms with E-state index in [1.54, 1.807) is 6.20 Å². The summed E-state index contributed by atoms with van der Waals surface area (Å²) in [5.74, 6) is 0.489. The zero-order valence-electron chi connectivity index (χ0n) is 11.3. The molecule has 5 nitrogen and oxygen atoms in total. The maximum absolute atomic E-state index is 11.6. The monoisotopic (exact) mass is 291 g/mol. The van der Waals surface area contributed by atoms with Crippen LogP contribution in [0, 0.1) is 0 Å². The van der Waals surface area contributed by atoms with Crippen LogP contribution in [0.3, 0.4) is 0 Å². The van der Waals surface area contributed by atoms with E-state index in [9.17, 15) is 8.42 Å². The van der Waals surface area contributed by atoms with E-state index in [1.165, 1.54) is 0 Å². The van der Waals surface area contributed by atoms with Crippen LogP contribution >= 0.6 is 0 Å². The van der Waals surface area contributed by atoms with E-state index >= 15 is 0 Å². The van der Waals surface area contributed by atoms with Gasteiger partial charge in [-0.05, 0) is 18.6 Å². The molecule has 0 spiro atoms. The van der Waals surface area contributed by atoms with E-state index in [2.05, 4.69) is 4.98 Å². The van der Waals surface area contributed by atoms with Gasteiger partial charge in [0.2, 0.25) is 0 Å². The van der Waals surface area contributed by atoms with E-state index in [-0.39, 0.29) is 17.5 Å². The van der Waals surface area contributed by atoms with Gasteiger partial charge in [-0.15, -0.1) is 0 Å². The number of benzene rings is 1. The Hall–Kier alpha value is -1.82. The first-order valence-corrected chi connectivity index (χ1v) is 8.36. The van der Waals surface area contributed by atoms with Crippen LogP contribution in [0.25, 0.3) is 10.9 Å². The molecule has 2 N–H and O–H groups in total. The van der Waals surface area contributed by atoms with Gasteiger partial charge < -0.3 is 10.6 Å². The Morgan fingerprint density at radius 2 is 2.15 bits per heavy atom. The van der Waals surface area contributed by atoms with E-state index in [1.807, 2.05) is 36.2 Å². The van der Waals surface area contributed by atoms with Gasteiger partial charge in [-0.1, -0.05) is 12.1 Å². The SMILES string of the molecule is CN(c1ccnc2c(N)cccc12)C1CCS(=O)(=O)C1. The molecular weight excluding hydrogens is 274 g/mol. The third-order valence-corrected chi connectivity index (χ3v) is 5.67. The highest BCUT2D eigenvalue weighted by molar-refractivity contribution is 7.91. The number of sulfone groups is 1. The lowest BCUT2D eigenvalue weighted by Crippen LogP contribution is -2.32. The Balaban J connectivity index is 2.04. The number of para-hydroxylation sites is 1. The number of nitrogen functional groups attached to an aromatic ring is 1. The Bertz CT molecular complexity index is 758. The maximum Gasteiger partial charge on any atom is 0.152 e. The summed E-state index contributed by atoms with van der Waals surface area (Å²) in [6.45, 7) is 0. The van der Waals surface area contributed by atoms with Gasteiger partial charge in [0.15, 0.2) is 9.84 Å². The zero-order chi connectivity index (χ0) is 14.3. The zero-order valence-corrected chi connectivity index (χ0v) is 12.1. The van der Waals surface area contributed by atoms with Crippen molar-refractivity contribution >= 4 is 32.1 Å². The summed E-state index contributed by atoms with van der Waals surface area (Å²) in [6.07, 6.45) is 2.39. The highest BCUT2D eigenvalue weighted by Gasteiger charge is 2.31.